The number of pyridine rings is 2. The first kappa shape index (κ1) is 32.8. The summed E-state index contributed by atoms with van der Waals surface area (Å²) in [6.07, 6.45) is 8.94. The van der Waals surface area contributed by atoms with Gasteiger partial charge in [-0.25, -0.2) is 9.78 Å². The minimum atomic E-state index is -0.494. The number of nitriles is 1. The lowest BCUT2D eigenvalue weighted by atomic mass is 9.82. The van der Waals surface area contributed by atoms with Gasteiger partial charge in [0, 0.05) is 49.3 Å². The minimum Gasteiger partial charge on any atom is -0.458 e. The van der Waals surface area contributed by atoms with Crippen LogP contribution in [0.2, 0.25) is 0 Å². The summed E-state index contributed by atoms with van der Waals surface area (Å²) in [5.74, 6) is 1.06. The number of aromatic nitrogens is 2. The van der Waals surface area contributed by atoms with Crippen LogP contribution in [0.25, 0.3) is 11.3 Å². The summed E-state index contributed by atoms with van der Waals surface area (Å²) < 4.78 is 16.4. The third-order valence-electron chi connectivity index (χ3n) is 8.35. The number of nitrogens with one attached hydrogen (secondary N) is 2. The quantitative estimate of drug-likeness (QED) is 0.303. The lowest BCUT2D eigenvalue weighted by Crippen LogP contribution is -2.41. The van der Waals surface area contributed by atoms with E-state index in [1.54, 1.807) is 0 Å². The van der Waals surface area contributed by atoms with Crippen molar-refractivity contribution in [3.63, 3.8) is 0 Å². The van der Waals surface area contributed by atoms with Gasteiger partial charge < -0.3 is 24.8 Å². The number of ether oxygens (including phenoxy) is 3. The van der Waals surface area contributed by atoms with Gasteiger partial charge in [0.15, 0.2) is 0 Å². The highest BCUT2D eigenvalue weighted by Crippen LogP contribution is 2.31. The Morgan fingerprint density at radius 1 is 1.21 bits per heavy atom. The van der Waals surface area contributed by atoms with Gasteiger partial charge in [-0.3, -0.25) is 4.98 Å². The normalized spacial score (nSPS) is 21.0. The fourth-order valence-corrected chi connectivity index (χ4v) is 5.96. The van der Waals surface area contributed by atoms with Gasteiger partial charge in [0.05, 0.1) is 23.8 Å². The summed E-state index contributed by atoms with van der Waals surface area (Å²) in [5, 5.41) is 16.9. The Kier molecular flexibility index (Phi) is 11.5. The summed E-state index contributed by atoms with van der Waals surface area (Å²) in [6.45, 7) is 12.0. The molecule has 0 spiro atoms. The topological polar surface area (TPSA) is 118 Å². The molecule has 9 nitrogen and oxygen atoms in total. The van der Waals surface area contributed by atoms with E-state index in [2.05, 4.69) is 36.6 Å². The Bertz CT molecular complexity index is 1240. The Morgan fingerprint density at radius 2 is 1.95 bits per heavy atom. The first-order valence-electron chi connectivity index (χ1n) is 15.8. The van der Waals surface area contributed by atoms with Gasteiger partial charge in [-0.15, -0.1) is 0 Å². The molecule has 1 saturated carbocycles. The van der Waals surface area contributed by atoms with Crippen molar-refractivity contribution >= 4 is 11.8 Å². The van der Waals surface area contributed by atoms with Crippen LogP contribution in [0.5, 0.6) is 0 Å². The van der Waals surface area contributed by atoms with Crippen LogP contribution in [0, 0.1) is 29.6 Å². The molecule has 4 rings (SSSR count). The van der Waals surface area contributed by atoms with Crippen molar-refractivity contribution in [3.05, 3.63) is 41.7 Å². The van der Waals surface area contributed by atoms with Crippen molar-refractivity contribution in [2.45, 2.75) is 97.2 Å². The number of esters is 1. The Labute approximate surface area is 257 Å². The number of hydrogen-bond donors (Lipinski definition) is 2. The lowest BCUT2D eigenvalue weighted by molar-refractivity contribution is -0.160. The first-order valence-corrected chi connectivity index (χ1v) is 15.8. The zero-order valence-electron chi connectivity index (χ0n) is 26.6. The van der Waals surface area contributed by atoms with E-state index in [4.69, 9.17) is 24.2 Å². The maximum absolute atomic E-state index is 11.9. The van der Waals surface area contributed by atoms with E-state index in [0.29, 0.717) is 38.3 Å². The van der Waals surface area contributed by atoms with Gasteiger partial charge >= 0.3 is 5.97 Å². The number of hydrogen-bond acceptors (Lipinski definition) is 9. The Balaban J connectivity index is 1.25. The van der Waals surface area contributed by atoms with Gasteiger partial charge in [0.1, 0.15) is 18.0 Å². The van der Waals surface area contributed by atoms with Gasteiger partial charge in [-0.05, 0) is 109 Å². The molecule has 0 aromatic carbocycles. The molecule has 0 amide bonds. The molecule has 1 aliphatic carbocycles. The summed E-state index contributed by atoms with van der Waals surface area (Å²) in [5.41, 5.74) is 3.32. The van der Waals surface area contributed by atoms with Crippen LogP contribution in [-0.2, 0) is 25.4 Å². The van der Waals surface area contributed by atoms with E-state index in [1.807, 2.05) is 45.2 Å². The number of aryl methyl sites for hydroxylation is 1. The van der Waals surface area contributed by atoms with Crippen molar-refractivity contribution in [1.82, 2.24) is 15.3 Å². The molecule has 2 aromatic rings. The van der Waals surface area contributed by atoms with E-state index >= 15 is 0 Å². The van der Waals surface area contributed by atoms with E-state index in [0.717, 1.165) is 73.3 Å². The van der Waals surface area contributed by atoms with Crippen molar-refractivity contribution in [2.75, 3.05) is 38.3 Å². The van der Waals surface area contributed by atoms with E-state index < -0.39 is 11.0 Å². The van der Waals surface area contributed by atoms with Gasteiger partial charge in [-0.1, -0.05) is 6.07 Å². The second-order valence-electron chi connectivity index (χ2n) is 13.3. The van der Waals surface area contributed by atoms with Gasteiger partial charge in [0.2, 0.25) is 0 Å². The number of nitrogens with zero attached hydrogens (tertiary/aromatic N) is 3. The lowest BCUT2D eigenvalue weighted by Gasteiger charge is -2.31. The van der Waals surface area contributed by atoms with E-state index in [9.17, 15) is 10.1 Å². The molecule has 0 bridgehead atoms. The summed E-state index contributed by atoms with van der Waals surface area (Å²) in [6, 6.07) is 11.4. The fraction of sp³-hybridized carbons (Fsp3) is 0.647. The number of rotatable bonds is 12. The van der Waals surface area contributed by atoms with Crippen LogP contribution in [0.1, 0.15) is 77.5 Å². The predicted molar refractivity (Wildman–Crippen MR) is 168 cm³/mol. The number of anilines is 1. The average molecular weight is 592 g/mol. The second-order valence-corrected chi connectivity index (χ2v) is 13.3. The SMILES string of the molecule is Cc1cnc(CC2CCC(N[C@@H](C)COCC(=O)OC(C)(C)C)CC2)cc1-c1cccc(NCC2(C#N)CCOCC2)n1. The maximum atomic E-state index is 11.9. The van der Waals surface area contributed by atoms with E-state index in [1.165, 1.54) is 0 Å². The van der Waals surface area contributed by atoms with Crippen molar-refractivity contribution < 1.29 is 19.0 Å². The molecule has 1 aliphatic heterocycles. The molecule has 2 fully saturated rings. The molecule has 2 N–H and O–H groups in total. The van der Waals surface area contributed by atoms with Crippen LogP contribution in [0.3, 0.4) is 0 Å². The predicted octanol–water partition coefficient (Wildman–Crippen LogP) is 5.62. The van der Waals surface area contributed by atoms with Crippen LogP contribution < -0.4 is 10.6 Å². The monoisotopic (exact) mass is 591 g/mol. The highest BCUT2D eigenvalue weighted by Gasteiger charge is 2.32. The largest absolute Gasteiger partial charge is 0.458 e. The second kappa shape index (κ2) is 15.1. The maximum Gasteiger partial charge on any atom is 0.332 e. The molecule has 1 saturated heterocycles. The Hall–Kier alpha value is -3.06. The average Bonchev–Trinajstić information content (AvgIpc) is 2.98. The molecule has 2 aromatic heterocycles. The first-order chi connectivity index (χ1) is 20.5. The summed E-state index contributed by atoms with van der Waals surface area (Å²) >= 11 is 0. The van der Waals surface area contributed by atoms with Crippen molar-refractivity contribution in [1.29, 1.82) is 5.26 Å². The molecule has 9 heteroatoms. The molecule has 43 heavy (non-hydrogen) atoms. The molecule has 0 unspecified atom stereocenters. The molecule has 3 heterocycles. The highest BCUT2D eigenvalue weighted by molar-refractivity contribution is 5.71. The molecular formula is C34H49N5O4. The fourth-order valence-electron chi connectivity index (χ4n) is 5.96. The zero-order chi connectivity index (χ0) is 30.9. The van der Waals surface area contributed by atoms with Crippen LogP contribution in [0.4, 0.5) is 5.82 Å². The number of carbonyl (C=O) groups excluding carboxylic acids is 1. The third-order valence-corrected chi connectivity index (χ3v) is 8.35. The molecule has 2 aliphatic rings. The molecule has 1 atom stereocenters. The highest BCUT2D eigenvalue weighted by atomic mass is 16.6. The van der Waals surface area contributed by atoms with Crippen molar-refractivity contribution in [3.8, 4) is 17.3 Å². The molecular weight excluding hydrogens is 542 g/mol. The van der Waals surface area contributed by atoms with Gasteiger partial charge in [-0.2, -0.15) is 5.26 Å². The van der Waals surface area contributed by atoms with Crippen LogP contribution in [-0.4, -0.2) is 66.6 Å². The van der Waals surface area contributed by atoms with Crippen LogP contribution >= 0.6 is 0 Å². The third kappa shape index (κ3) is 10.3. The minimum absolute atomic E-state index is 0.0182. The zero-order valence-corrected chi connectivity index (χ0v) is 26.6. The van der Waals surface area contributed by atoms with E-state index in [-0.39, 0.29) is 18.6 Å². The molecule has 234 valence electrons. The Morgan fingerprint density at radius 3 is 2.65 bits per heavy atom. The summed E-state index contributed by atoms with van der Waals surface area (Å²) in [7, 11) is 0. The van der Waals surface area contributed by atoms with Crippen molar-refractivity contribution in [2.24, 2.45) is 11.3 Å². The summed E-state index contributed by atoms with van der Waals surface area (Å²) in [4.78, 5) is 21.5. The standard InChI is InChI=1S/C34H49N5O4/c1-24-19-36-28(17-26-9-11-27(12-10-26)38-25(2)20-42-21-32(40)43-33(3,4)5)18-29(24)30-7-6-8-31(39-30)37-23-34(22-35)13-15-41-16-14-34/h6-8,18-19,25-27,38H,9-17,20-21,23H2,1-5H3,(H,37,39)/t25-,26?,27?/m0/s1. The van der Waals surface area contributed by atoms with Gasteiger partial charge in [0.25, 0.3) is 0 Å². The molecule has 0 radical (unpaired) electrons. The number of carbonyl (C=O) groups is 1. The smallest absolute Gasteiger partial charge is 0.332 e. The van der Waals surface area contributed by atoms with Crippen LogP contribution in [0.15, 0.2) is 30.5 Å².